The molecule has 4 nitrogen and oxygen atoms in total. The lowest BCUT2D eigenvalue weighted by molar-refractivity contribution is 0.270. The number of hydrogen-bond acceptors (Lipinski definition) is 3. The minimum absolute atomic E-state index is 0.490. The van der Waals surface area contributed by atoms with Gasteiger partial charge in [-0.25, -0.2) is 0 Å². The van der Waals surface area contributed by atoms with Crippen LogP contribution in [-0.4, -0.2) is 24.5 Å². The fraction of sp³-hybridized carbons (Fsp3) is 0.429. The van der Waals surface area contributed by atoms with Crippen molar-refractivity contribution in [1.82, 2.24) is 10.7 Å². The molecule has 0 spiro atoms. The number of hydrazone groups is 1. The van der Waals surface area contributed by atoms with Crippen molar-refractivity contribution >= 4 is 23.5 Å². The quantitative estimate of drug-likeness (QED) is 0.477. The normalized spacial score (nSPS) is 10.7. The summed E-state index contributed by atoms with van der Waals surface area (Å²) in [7, 11) is 0. The first-order chi connectivity index (χ1) is 9.13. The number of nitrogens with one attached hydrogen (secondary N) is 2. The summed E-state index contributed by atoms with van der Waals surface area (Å²) in [5.74, 6) is 1.32. The van der Waals surface area contributed by atoms with Crippen LogP contribution in [0.25, 0.3) is 0 Å². The molecule has 0 atom stereocenters. The van der Waals surface area contributed by atoms with Crippen LogP contribution >= 0.6 is 12.2 Å². The Balaban J connectivity index is 2.61. The minimum Gasteiger partial charge on any atom is -0.493 e. The summed E-state index contributed by atoms with van der Waals surface area (Å²) in [6, 6.07) is 7.79. The van der Waals surface area contributed by atoms with Crippen molar-refractivity contribution in [2.45, 2.75) is 20.8 Å². The van der Waals surface area contributed by atoms with Crippen molar-refractivity contribution < 1.29 is 4.74 Å². The van der Waals surface area contributed by atoms with Crippen molar-refractivity contribution in [3.05, 3.63) is 29.8 Å². The highest BCUT2D eigenvalue weighted by Gasteiger charge is 2.01. The molecule has 0 radical (unpaired) electrons. The molecule has 0 amide bonds. The highest BCUT2D eigenvalue weighted by Crippen LogP contribution is 2.16. The van der Waals surface area contributed by atoms with Gasteiger partial charge in [-0.05, 0) is 37.2 Å². The third-order valence-corrected chi connectivity index (χ3v) is 2.43. The second kappa shape index (κ2) is 8.48. The maximum Gasteiger partial charge on any atom is 0.186 e. The van der Waals surface area contributed by atoms with E-state index in [1.807, 2.05) is 31.2 Å². The van der Waals surface area contributed by atoms with E-state index in [-0.39, 0.29) is 0 Å². The molecule has 0 unspecified atom stereocenters. The zero-order valence-corrected chi connectivity index (χ0v) is 12.5. The summed E-state index contributed by atoms with van der Waals surface area (Å²) >= 11 is 5.02. The molecule has 0 bridgehead atoms. The van der Waals surface area contributed by atoms with Crippen molar-refractivity contribution in [2.24, 2.45) is 11.0 Å². The molecule has 0 aliphatic carbocycles. The predicted octanol–water partition coefficient (Wildman–Crippen LogP) is 2.54. The fourth-order valence-corrected chi connectivity index (χ4v) is 1.53. The van der Waals surface area contributed by atoms with Crippen molar-refractivity contribution in [2.75, 3.05) is 13.2 Å². The summed E-state index contributed by atoms with van der Waals surface area (Å²) in [6.07, 6.45) is 1.71. The van der Waals surface area contributed by atoms with Gasteiger partial charge < -0.3 is 10.1 Å². The molecule has 0 saturated heterocycles. The van der Waals surface area contributed by atoms with Crippen LogP contribution in [0.5, 0.6) is 5.75 Å². The van der Waals surface area contributed by atoms with Crippen LogP contribution in [0.4, 0.5) is 0 Å². The Bertz CT molecular complexity index is 432. The smallest absolute Gasteiger partial charge is 0.186 e. The van der Waals surface area contributed by atoms with Gasteiger partial charge in [0.2, 0.25) is 0 Å². The predicted molar refractivity (Wildman–Crippen MR) is 83.8 cm³/mol. The van der Waals surface area contributed by atoms with Gasteiger partial charge in [-0.1, -0.05) is 26.0 Å². The molecule has 1 rings (SSSR count). The van der Waals surface area contributed by atoms with Crippen LogP contribution in [0.2, 0.25) is 0 Å². The van der Waals surface area contributed by atoms with Crippen molar-refractivity contribution in [3.8, 4) is 5.75 Å². The average molecular weight is 279 g/mol. The van der Waals surface area contributed by atoms with Gasteiger partial charge in [0.25, 0.3) is 0 Å². The summed E-state index contributed by atoms with van der Waals surface area (Å²) in [5.41, 5.74) is 3.68. The largest absolute Gasteiger partial charge is 0.493 e. The molecule has 0 aromatic heterocycles. The van der Waals surface area contributed by atoms with Gasteiger partial charge in [0.15, 0.2) is 5.11 Å². The topological polar surface area (TPSA) is 45.7 Å². The first kappa shape index (κ1) is 15.4. The minimum atomic E-state index is 0.490. The molecular weight excluding hydrogens is 258 g/mol. The molecule has 2 N–H and O–H groups in total. The standard InChI is InChI=1S/C14H21N3OS/c1-4-15-14(19)17-16-9-12-7-5-6-8-13(12)18-10-11(2)3/h5-9,11H,4,10H2,1-3H3,(H2,15,17,19)/b16-9+. The number of nitrogens with zero attached hydrogens (tertiary/aromatic N) is 1. The molecule has 19 heavy (non-hydrogen) atoms. The summed E-state index contributed by atoms with van der Waals surface area (Å²) in [6.45, 7) is 7.68. The molecule has 0 aliphatic heterocycles. The molecule has 104 valence electrons. The van der Waals surface area contributed by atoms with Crippen LogP contribution < -0.4 is 15.5 Å². The Hall–Kier alpha value is -1.62. The van der Waals surface area contributed by atoms with E-state index in [1.165, 1.54) is 0 Å². The second-order valence-electron chi connectivity index (χ2n) is 4.47. The lowest BCUT2D eigenvalue weighted by Crippen LogP contribution is -2.31. The second-order valence-corrected chi connectivity index (χ2v) is 4.88. The molecule has 0 saturated carbocycles. The molecule has 5 heteroatoms. The molecule has 0 aliphatic rings. The van der Waals surface area contributed by atoms with Gasteiger partial charge in [0.05, 0.1) is 12.8 Å². The summed E-state index contributed by atoms with van der Waals surface area (Å²) < 4.78 is 5.74. The third kappa shape index (κ3) is 6.20. The average Bonchev–Trinajstić information content (AvgIpc) is 2.38. The molecule has 1 aromatic rings. The maximum absolute atomic E-state index is 5.74. The van der Waals surface area contributed by atoms with E-state index >= 15 is 0 Å². The van der Waals surface area contributed by atoms with E-state index in [4.69, 9.17) is 17.0 Å². The zero-order chi connectivity index (χ0) is 14.1. The van der Waals surface area contributed by atoms with E-state index < -0.39 is 0 Å². The number of benzene rings is 1. The van der Waals surface area contributed by atoms with Gasteiger partial charge in [-0.15, -0.1) is 0 Å². The van der Waals surface area contributed by atoms with Crippen LogP contribution in [0, 0.1) is 5.92 Å². The Labute approximate surface area is 120 Å². The number of hydrogen-bond donors (Lipinski definition) is 2. The lowest BCUT2D eigenvalue weighted by atomic mass is 10.2. The van der Waals surface area contributed by atoms with Crippen molar-refractivity contribution in [1.29, 1.82) is 0 Å². The van der Waals surface area contributed by atoms with Crippen LogP contribution in [0.1, 0.15) is 26.3 Å². The van der Waals surface area contributed by atoms with Gasteiger partial charge in [-0.3, -0.25) is 5.43 Å². The Kier molecular flexibility index (Phi) is 6.89. The lowest BCUT2D eigenvalue weighted by Gasteiger charge is -2.10. The van der Waals surface area contributed by atoms with Crippen LogP contribution in [-0.2, 0) is 0 Å². The van der Waals surface area contributed by atoms with E-state index in [2.05, 4.69) is 29.7 Å². The van der Waals surface area contributed by atoms with E-state index in [0.717, 1.165) is 17.9 Å². The van der Waals surface area contributed by atoms with Gasteiger partial charge in [0, 0.05) is 12.1 Å². The van der Waals surface area contributed by atoms with Crippen LogP contribution in [0.15, 0.2) is 29.4 Å². The summed E-state index contributed by atoms with van der Waals surface area (Å²) in [4.78, 5) is 0. The Morgan fingerprint density at radius 1 is 1.42 bits per heavy atom. The fourth-order valence-electron chi connectivity index (χ4n) is 1.34. The number of thiocarbonyl (C=S) groups is 1. The first-order valence-electron chi connectivity index (χ1n) is 6.42. The first-order valence-corrected chi connectivity index (χ1v) is 6.83. The number of ether oxygens (including phenoxy) is 1. The van der Waals surface area contributed by atoms with Gasteiger partial charge in [-0.2, -0.15) is 5.10 Å². The monoisotopic (exact) mass is 279 g/mol. The SMILES string of the molecule is CCNC(=S)N/N=C/c1ccccc1OCC(C)C. The maximum atomic E-state index is 5.74. The highest BCUT2D eigenvalue weighted by atomic mass is 32.1. The number of rotatable bonds is 6. The molecule has 1 aromatic carbocycles. The number of para-hydroxylation sites is 1. The van der Waals surface area contributed by atoms with E-state index in [9.17, 15) is 0 Å². The van der Waals surface area contributed by atoms with Crippen molar-refractivity contribution in [3.63, 3.8) is 0 Å². The Morgan fingerprint density at radius 3 is 2.84 bits per heavy atom. The Morgan fingerprint density at radius 2 is 2.16 bits per heavy atom. The zero-order valence-electron chi connectivity index (χ0n) is 11.6. The molecular formula is C14H21N3OS. The molecule has 0 fully saturated rings. The summed E-state index contributed by atoms with van der Waals surface area (Å²) in [5, 5.41) is 7.56. The van der Waals surface area contributed by atoms with Gasteiger partial charge in [0.1, 0.15) is 5.75 Å². The third-order valence-electron chi connectivity index (χ3n) is 2.20. The van der Waals surface area contributed by atoms with Crippen LogP contribution in [0.3, 0.4) is 0 Å². The molecule has 0 heterocycles. The van der Waals surface area contributed by atoms with Gasteiger partial charge >= 0.3 is 0 Å². The highest BCUT2D eigenvalue weighted by molar-refractivity contribution is 7.80. The van der Waals surface area contributed by atoms with E-state index in [1.54, 1.807) is 6.21 Å². The van der Waals surface area contributed by atoms with E-state index in [0.29, 0.717) is 17.6 Å².